The molecule has 0 radical (unpaired) electrons. The molecule has 176 valence electrons. The van der Waals surface area contributed by atoms with Crippen molar-refractivity contribution in [3.63, 3.8) is 0 Å². The van der Waals surface area contributed by atoms with Gasteiger partial charge in [0.1, 0.15) is 5.60 Å². The van der Waals surface area contributed by atoms with Crippen molar-refractivity contribution in [3.8, 4) is 11.1 Å². The molecule has 3 aromatic heterocycles. The molecule has 11 heteroatoms. The zero-order valence-electron chi connectivity index (χ0n) is 19.6. The maximum Gasteiger partial charge on any atom is 0.410 e. The Balaban J connectivity index is 1.55. The number of rotatable bonds is 5. The Morgan fingerprint density at radius 1 is 1.27 bits per heavy atom. The summed E-state index contributed by atoms with van der Waals surface area (Å²) in [7, 11) is 0. The molecule has 0 unspecified atom stereocenters. The van der Waals surface area contributed by atoms with Gasteiger partial charge in [-0.3, -0.25) is 9.48 Å². The van der Waals surface area contributed by atoms with E-state index in [1.165, 1.54) is 4.52 Å². The lowest BCUT2D eigenvalue weighted by Gasteiger charge is -2.39. The van der Waals surface area contributed by atoms with Gasteiger partial charge in [-0.1, -0.05) is 6.92 Å². The normalized spacial score (nSPS) is 15.4. The van der Waals surface area contributed by atoms with E-state index in [1.54, 1.807) is 23.4 Å². The van der Waals surface area contributed by atoms with Crippen LogP contribution in [0.3, 0.4) is 0 Å². The number of hydrogen-bond acceptors (Lipinski definition) is 7. The molecule has 2 amide bonds. The molecule has 1 fully saturated rings. The van der Waals surface area contributed by atoms with Crippen LogP contribution in [0.2, 0.25) is 0 Å². The van der Waals surface area contributed by atoms with E-state index in [0.29, 0.717) is 24.3 Å². The van der Waals surface area contributed by atoms with Gasteiger partial charge >= 0.3 is 6.09 Å². The zero-order chi connectivity index (χ0) is 23.9. The van der Waals surface area contributed by atoms with Gasteiger partial charge in [-0.05, 0) is 40.2 Å². The number of fused-ring (bicyclic) bond motifs is 1. The Hall–Kier alpha value is -3.63. The molecule has 4 heterocycles. The molecule has 11 nitrogen and oxygen atoms in total. The van der Waals surface area contributed by atoms with E-state index in [1.807, 2.05) is 45.5 Å². The number of likely N-dealkylation sites (tertiary alicyclic amines) is 1. The van der Waals surface area contributed by atoms with Crippen molar-refractivity contribution in [2.24, 2.45) is 0 Å². The molecule has 1 saturated heterocycles. The topological polar surface area (TPSA) is 133 Å². The number of nitrogens with one attached hydrogen (secondary N) is 1. The maximum absolute atomic E-state index is 12.9. The first-order valence-electron chi connectivity index (χ1n) is 11.0. The lowest BCUT2D eigenvalue weighted by molar-refractivity contribution is -0.000389. The first-order valence-corrected chi connectivity index (χ1v) is 11.0. The summed E-state index contributed by atoms with van der Waals surface area (Å²) < 4.78 is 8.75. The molecule has 0 aliphatic carbocycles. The second-order valence-corrected chi connectivity index (χ2v) is 9.41. The largest absolute Gasteiger partial charge is 0.444 e. The summed E-state index contributed by atoms with van der Waals surface area (Å²) in [6.45, 7) is 10.5. The van der Waals surface area contributed by atoms with Gasteiger partial charge in [0, 0.05) is 42.7 Å². The number of anilines is 1. The van der Waals surface area contributed by atoms with Crippen LogP contribution in [0.25, 0.3) is 16.8 Å². The third kappa shape index (κ3) is 4.76. The molecule has 4 rings (SSSR count). The fourth-order valence-corrected chi connectivity index (χ4v) is 3.52. The molecule has 0 bridgehead atoms. The molecule has 33 heavy (non-hydrogen) atoms. The predicted octanol–water partition coefficient (Wildman–Crippen LogP) is 2.50. The van der Waals surface area contributed by atoms with E-state index < -0.39 is 5.60 Å². The van der Waals surface area contributed by atoms with E-state index in [2.05, 4.69) is 20.5 Å². The number of nitrogens with two attached hydrogens (primary N) is 1. The van der Waals surface area contributed by atoms with Gasteiger partial charge in [0.05, 0.1) is 17.8 Å². The molecule has 1 aliphatic rings. The van der Waals surface area contributed by atoms with Crippen LogP contribution in [0.4, 0.5) is 10.7 Å². The summed E-state index contributed by atoms with van der Waals surface area (Å²) in [4.78, 5) is 30.9. The van der Waals surface area contributed by atoms with Crippen LogP contribution in [-0.2, 0) is 4.74 Å². The number of carbonyl (C=O) groups excluding carboxylic acids is 2. The van der Waals surface area contributed by atoms with Gasteiger partial charge in [-0.2, -0.15) is 10.1 Å². The molecule has 0 spiro atoms. The SMILES string of the molecule is CC[C@H](C)NC(=O)c1cc(-c2cnn(C3CN(C(=O)OC(C)(C)C)C3)c2)cn2nc(N)nc12. The third-order valence-corrected chi connectivity index (χ3v) is 5.51. The summed E-state index contributed by atoms with van der Waals surface area (Å²) in [5.41, 5.74) is 7.63. The first kappa shape index (κ1) is 22.6. The lowest BCUT2D eigenvalue weighted by atomic mass is 10.1. The second-order valence-electron chi connectivity index (χ2n) is 9.41. The molecular formula is C22H30N8O3. The number of nitrogen functional groups attached to an aromatic ring is 1. The van der Waals surface area contributed by atoms with Gasteiger partial charge in [-0.15, -0.1) is 5.10 Å². The van der Waals surface area contributed by atoms with Crippen LogP contribution in [0.5, 0.6) is 0 Å². The summed E-state index contributed by atoms with van der Waals surface area (Å²) in [5, 5.41) is 11.6. The fourth-order valence-electron chi connectivity index (χ4n) is 3.52. The van der Waals surface area contributed by atoms with E-state index in [9.17, 15) is 9.59 Å². The quantitative estimate of drug-likeness (QED) is 0.605. The van der Waals surface area contributed by atoms with Crippen LogP contribution < -0.4 is 11.1 Å². The zero-order valence-corrected chi connectivity index (χ0v) is 19.6. The Kier molecular flexibility index (Phi) is 5.73. The average Bonchev–Trinajstić information content (AvgIpc) is 3.30. The number of pyridine rings is 1. The first-order chi connectivity index (χ1) is 15.5. The van der Waals surface area contributed by atoms with Gasteiger partial charge in [0.25, 0.3) is 5.91 Å². The maximum atomic E-state index is 12.9. The summed E-state index contributed by atoms with van der Waals surface area (Å²) >= 11 is 0. The van der Waals surface area contributed by atoms with Gasteiger partial charge in [-0.25, -0.2) is 9.31 Å². The van der Waals surface area contributed by atoms with Crippen LogP contribution in [0, 0.1) is 0 Å². The minimum Gasteiger partial charge on any atom is -0.444 e. The lowest BCUT2D eigenvalue weighted by Crippen LogP contribution is -2.52. The second kappa shape index (κ2) is 8.38. The molecule has 1 aliphatic heterocycles. The van der Waals surface area contributed by atoms with Crippen LogP contribution in [-0.4, -0.2) is 66.0 Å². The van der Waals surface area contributed by atoms with Gasteiger partial charge < -0.3 is 20.7 Å². The summed E-state index contributed by atoms with van der Waals surface area (Å²) in [5.74, 6) is -0.139. The van der Waals surface area contributed by atoms with Crippen molar-refractivity contribution in [2.75, 3.05) is 18.8 Å². The Morgan fingerprint density at radius 3 is 2.67 bits per heavy atom. The Bertz CT molecular complexity index is 1190. The highest BCUT2D eigenvalue weighted by molar-refractivity contribution is 6.01. The summed E-state index contributed by atoms with van der Waals surface area (Å²) in [6.07, 6.45) is 5.89. The molecule has 0 saturated carbocycles. The van der Waals surface area contributed by atoms with E-state index in [0.717, 1.165) is 17.5 Å². The van der Waals surface area contributed by atoms with Crippen molar-refractivity contribution in [1.29, 1.82) is 0 Å². The van der Waals surface area contributed by atoms with Crippen LogP contribution in [0.15, 0.2) is 24.7 Å². The monoisotopic (exact) mass is 454 g/mol. The van der Waals surface area contributed by atoms with Crippen molar-refractivity contribution in [3.05, 3.63) is 30.2 Å². The average molecular weight is 455 g/mol. The minimum absolute atomic E-state index is 0.0239. The van der Waals surface area contributed by atoms with Crippen molar-refractivity contribution >= 4 is 23.6 Å². The number of ether oxygens (including phenoxy) is 1. The highest BCUT2D eigenvalue weighted by Gasteiger charge is 2.35. The standard InChI is InChI=1S/C22H30N8O3/c1-6-13(2)25-19(31)17-7-14(9-30-18(17)26-20(23)27-30)15-8-24-29(10-15)16-11-28(12-16)21(32)33-22(3,4)5/h7-10,13,16H,6,11-12H2,1-5H3,(H2,23,27)(H,25,31)/t13-/m0/s1. The number of nitrogens with zero attached hydrogens (tertiary/aromatic N) is 6. The molecule has 1 atom stereocenters. The molecule has 3 aromatic rings. The van der Waals surface area contributed by atoms with Gasteiger partial charge in [0.15, 0.2) is 5.65 Å². The van der Waals surface area contributed by atoms with E-state index in [4.69, 9.17) is 10.5 Å². The highest BCUT2D eigenvalue weighted by Crippen LogP contribution is 2.27. The Morgan fingerprint density at radius 2 is 2.00 bits per heavy atom. The molecular weight excluding hydrogens is 424 g/mol. The number of hydrogen-bond donors (Lipinski definition) is 2. The van der Waals surface area contributed by atoms with E-state index in [-0.39, 0.29) is 30.0 Å². The minimum atomic E-state index is -0.524. The highest BCUT2D eigenvalue weighted by atomic mass is 16.6. The van der Waals surface area contributed by atoms with Crippen LogP contribution in [0.1, 0.15) is 57.4 Å². The number of carbonyl (C=O) groups is 2. The molecule has 3 N–H and O–H groups in total. The predicted molar refractivity (Wildman–Crippen MR) is 123 cm³/mol. The van der Waals surface area contributed by atoms with Crippen LogP contribution >= 0.6 is 0 Å². The Labute approximate surface area is 191 Å². The van der Waals surface area contributed by atoms with Crippen molar-refractivity contribution in [2.45, 2.75) is 58.7 Å². The number of aromatic nitrogens is 5. The van der Waals surface area contributed by atoms with Gasteiger partial charge in [0.2, 0.25) is 5.95 Å². The number of amides is 2. The van der Waals surface area contributed by atoms with Crippen molar-refractivity contribution in [1.82, 2.24) is 34.6 Å². The fraction of sp³-hybridized carbons (Fsp3) is 0.500. The third-order valence-electron chi connectivity index (χ3n) is 5.51. The van der Waals surface area contributed by atoms with E-state index >= 15 is 0 Å². The van der Waals surface area contributed by atoms with Crippen molar-refractivity contribution < 1.29 is 14.3 Å². The smallest absolute Gasteiger partial charge is 0.410 e. The molecule has 0 aromatic carbocycles. The summed E-state index contributed by atoms with van der Waals surface area (Å²) in [6, 6.07) is 1.86.